The molecular weight excluding hydrogens is 206 g/mol. The van der Waals surface area contributed by atoms with E-state index in [0.29, 0.717) is 18.7 Å². The average molecular weight is 221 g/mol. The lowest BCUT2D eigenvalue weighted by Gasteiger charge is -2.05. The summed E-state index contributed by atoms with van der Waals surface area (Å²) in [5.41, 5.74) is 8.03. The van der Waals surface area contributed by atoms with Crippen molar-refractivity contribution in [1.82, 2.24) is 0 Å². The quantitative estimate of drug-likeness (QED) is 0.709. The third kappa shape index (κ3) is 4.14. The molecule has 0 unspecified atom stereocenters. The summed E-state index contributed by atoms with van der Waals surface area (Å²) in [5.74, 6) is -0.955. The van der Waals surface area contributed by atoms with E-state index in [1.165, 1.54) is 0 Å². The predicted molar refractivity (Wildman–Crippen MR) is 61.8 cm³/mol. The lowest BCUT2D eigenvalue weighted by atomic mass is 10.1. The van der Waals surface area contributed by atoms with Crippen LogP contribution < -0.4 is 5.73 Å². The van der Waals surface area contributed by atoms with Crippen LogP contribution in [0.2, 0.25) is 0 Å². The molecule has 1 aromatic rings. The molecule has 0 bridgehead atoms. The van der Waals surface area contributed by atoms with Crippen molar-refractivity contribution in [2.45, 2.75) is 6.42 Å². The standard InChI is InChI=1S/C12H15NO3/c1-9(13)11-4-2-3-10(7-11)5-6-16-8-12(14)15/h2-4,7H,1,5-6,8,13H2,(H,14,15). The summed E-state index contributed by atoms with van der Waals surface area (Å²) in [5, 5.41) is 8.37. The predicted octanol–water partition coefficient (Wildman–Crippen LogP) is 1.26. The van der Waals surface area contributed by atoms with Crippen LogP contribution in [0.4, 0.5) is 0 Å². The molecule has 4 heteroatoms. The number of carbonyl (C=O) groups is 1. The van der Waals surface area contributed by atoms with Crippen LogP contribution in [0.1, 0.15) is 11.1 Å². The van der Waals surface area contributed by atoms with Gasteiger partial charge in [0.2, 0.25) is 0 Å². The molecular formula is C12H15NO3. The number of ether oxygens (including phenoxy) is 1. The van der Waals surface area contributed by atoms with Crippen LogP contribution >= 0.6 is 0 Å². The molecule has 0 fully saturated rings. The maximum Gasteiger partial charge on any atom is 0.329 e. The van der Waals surface area contributed by atoms with Gasteiger partial charge in [0.05, 0.1) is 6.61 Å². The van der Waals surface area contributed by atoms with Gasteiger partial charge < -0.3 is 15.6 Å². The molecule has 3 N–H and O–H groups in total. The van der Waals surface area contributed by atoms with E-state index in [1.54, 1.807) is 0 Å². The first-order chi connectivity index (χ1) is 7.59. The molecule has 0 aliphatic rings. The second kappa shape index (κ2) is 5.92. The Morgan fingerprint density at radius 1 is 1.50 bits per heavy atom. The van der Waals surface area contributed by atoms with Gasteiger partial charge in [-0.1, -0.05) is 24.8 Å². The third-order valence-electron chi connectivity index (χ3n) is 2.06. The summed E-state index contributed by atoms with van der Waals surface area (Å²) in [6, 6.07) is 7.63. The first kappa shape index (κ1) is 12.3. The zero-order valence-corrected chi connectivity index (χ0v) is 8.98. The molecule has 1 rings (SSSR count). The molecule has 16 heavy (non-hydrogen) atoms. The lowest BCUT2D eigenvalue weighted by molar-refractivity contribution is -0.142. The molecule has 0 aliphatic heterocycles. The highest BCUT2D eigenvalue weighted by Crippen LogP contribution is 2.10. The molecule has 0 saturated heterocycles. The monoisotopic (exact) mass is 221 g/mol. The highest BCUT2D eigenvalue weighted by Gasteiger charge is 1.99. The van der Waals surface area contributed by atoms with Gasteiger partial charge in [0.1, 0.15) is 6.61 Å². The highest BCUT2D eigenvalue weighted by atomic mass is 16.5. The Hall–Kier alpha value is -1.81. The molecule has 0 atom stereocenters. The Balaban J connectivity index is 2.45. The Bertz CT molecular complexity index is 388. The van der Waals surface area contributed by atoms with Gasteiger partial charge in [0, 0.05) is 5.70 Å². The van der Waals surface area contributed by atoms with Crippen LogP contribution in [0.5, 0.6) is 0 Å². The smallest absolute Gasteiger partial charge is 0.329 e. The van der Waals surface area contributed by atoms with E-state index in [0.717, 1.165) is 11.1 Å². The number of hydrogen-bond acceptors (Lipinski definition) is 3. The van der Waals surface area contributed by atoms with Crippen LogP contribution in [0.25, 0.3) is 5.70 Å². The second-order valence-corrected chi connectivity index (χ2v) is 3.42. The normalized spacial score (nSPS) is 10.0. The Labute approximate surface area is 94.3 Å². The van der Waals surface area contributed by atoms with Crippen molar-refractivity contribution in [3.8, 4) is 0 Å². The number of aliphatic carboxylic acids is 1. The maximum absolute atomic E-state index is 10.2. The summed E-state index contributed by atoms with van der Waals surface area (Å²) in [6.45, 7) is 3.78. The average Bonchev–Trinajstić information content (AvgIpc) is 2.24. The van der Waals surface area contributed by atoms with Crippen molar-refractivity contribution >= 4 is 11.7 Å². The van der Waals surface area contributed by atoms with Gasteiger partial charge in [-0.05, 0) is 23.6 Å². The Morgan fingerprint density at radius 2 is 2.25 bits per heavy atom. The van der Waals surface area contributed by atoms with Gasteiger partial charge in [-0.2, -0.15) is 0 Å². The molecule has 86 valence electrons. The number of rotatable bonds is 6. The van der Waals surface area contributed by atoms with Crippen LogP contribution in [0.3, 0.4) is 0 Å². The topological polar surface area (TPSA) is 72.5 Å². The van der Waals surface area contributed by atoms with Gasteiger partial charge in [-0.25, -0.2) is 4.79 Å². The summed E-state index contributed by atoms with van der Waals surface area (Å²) in [6.07, 6.45) is 0.661. The molecule has 1 aromatic carbocycles. The first-order valence-corrected chi connectivity index (χ1v) is 4.93. The van der Waals surface area contributed by atoms with Gasteiger partial charge >= 0.3 is 5.97 Å². The number of benzene rings is 1. The fourth-order valence-corrected chi connectivity index (χ4v) is 1.28. The van der Waals surface area contributed by atoms with Crippen molar-refractivity contribution in [1.29, 1.82) is 0 Å². The summed E-state index contributed by atoms with van der Waals surface area (Å²) in [7, 11) is 0. The summed E-state index contributed by atoms with van der Waals surface area (Å²) < 4.78 is 4.95. The first-order valence-electron chi connectivity index (χ1n) is 4.93. The van der Waals surface area contributed by atoms with Gasteiger partial charge in [-0.15, -0.1) is 0 Å². The van der Waals surface area contributed by atoms with Crippen LogP contribution in [-0.4, -0.2) is 24.3 Å². The summed E-state index contributed by atoms with van der Waals surface area (Å²) in [4.78, 5) is 10.2. The van der Waals surface area contributed by atoms with Crippen molar-refractivity contribution in [2.24, 2.45) is 5.73 Å². The van der Waals surface area contributed by atoms with E-state index >= 15 is 0 Å². The van der Waals surface area contributed by atoms with Gasteiger partial charge in [0.25, 0.3) is 0 Å². The minimum absolute atomic E-state index is 0.261. The highest BCUT2D eigenvalue weighted by molar-refractivity contribution is 5.68. The van der Waals surface area contributed by atoms with E-state index < -0.39 is 5.97 Å². The minimum atomic E-state index is -0.955. The molecule has 0 aromatic heterocycles. The molecule has 0 saturated carbocycles. The number of carboxylic acid groups (broad SMARTS) is 1. The van der Waals surface area contributed by atoms with Crippen LogP contribution in [0, 0.1) is 0 Å². The number of hydrogen-bond donors (Lipinski definition) is 2. The fourth-order valence-electron chi connectivity index (χ4n) is 1.28. The van der Waals surface area contributed by atoms with E-state index in [9.17, 15) is 4.79 Å². The van der Waals surface area contributed by atoms with Crippen molar-refractivity contribution in [3.63, 3.8) is 0 Å². The fraction of sp³-hybridized carbons (Fsp3) is 0.250. The molecule has 0 amide bonds. The molecule has 0 aliphatic carbocycles. The Kier molecular flexibility index (Phi) is 4.54. The molecule has 0 radical (unpaired) electrons. The van der Waals surface area contributed by atoms with Crippen molar-refractivity contribution in [3.05, 3.63) is 42.0 Å². The largest absolute Gasteiger partial charge is 0.480 e. The summed E-state index contributed by atoms with van der Waals surface area (Å²) >= 11 is 0. The van der Waals surface area contributed by atoms with Crippen molar-refractivity contribution < 1.29 is 14.6 Å². The van der Waals surface area contributed by atoms with Gasteiger partial charge in [0.15, 0.2) is 0 Å². The zero-order chi connectivity index (χ0) is 12.0. The van der Waals surface area contributed by atoms with Gasteiger partial charge in [-0.3, -0.25) is 0 Å². The maximum atomic E-state index is 10.2. The third-order valence-corrected chi connectivity index (χ3v) is 2.06. The number of carboxylic acids is 1. The molecule has 0 heterocycles. The Morgan fingerprint density at radius 3 is 2.88 bits per heavy atom. The van der Waals surface area contributed by atoms with Crippen LogP contribution in [-0.2, 0) is 16.0 Å². The second-order valence-electron chi connectivity index (χ2n) is 3.42. The van der Waals surface area contributed by atoms with E-state index in [-0.39, 0.29) is 6.61 Å². The molecule has 4 nitrogen and oxygen atoms in total. The van der Waals surface area contributed by atoms with E-state index in [2.05, 4.69) is 6.58 Å². The number of nitrogens with two attached hydrogens (primary N) is 1. The lowest BCUT2D eigenvalue weighted by Crippen LogP contribution is -2.09. The zero-order valence-electron chi connectivity index (χ0n) is 8.98. The van der Waals surface area contributed by atoms with E-state index in [1.807, 2.05) is 24.3 Å². The minimum Gasteiger partial charge on any atom is -0.480 e. The van der Waals surface area contributed by atoms with Crippen LogP contribution in [0.15, 0.2) is 30.8 Å². The van der Waals surface area contributed by atoms with Crippen molar-refractivity contribution in [2.75, 3.05) is 13.2 Å². The SMILES string of the molecule is C=C(N)c1cccc(CCOCC(=O)O)c1. The molecule has 0 spiro atoms. The van der Waals surface area contributed by atoms with E-state index in [4.69, 9.17) is 15.6 Å².